The van der Waals surface area contributed by atoms with Gasteiger partial charge in [-0.05, 0) is 48.7 Å². The fraction of sp³-hybridized carbons (Fsp3) is 0.150. The Labute approximate surface area is 151 Å². The topological polar surface area (TPSA) is 84.2 Å². The molecule has 3 aromatic rings. The molecule has 0 aliphatic heterocycles. The number of anilines is 1. The first-order valence-corrected chi connectivity index (χ1v) is 8.26. The van der Waals surface area contributed by atoms with Crippen LogP contribution in [0.4, 0.5) is 5.69 Å². The molecule has 2 N–H and O–H groups in total. The zero-order valence-electron chi connectivity index (χ0n) is 14.3. The summed E-state index contributed by atoms with van der Waals surface area (Å²) in [5.74, 6) is -1.18. The number of carboxylic acid groups (broad SMARTS) is 1. The second kappa shape index (κ2) is 7.65. The minimum atomic E-state index is -1.02. The number of carbonyl (C=O) groups is 2. The van der Waals surface area contributed by atoms with Crippen LogP contribution in [0.3, 0.4) is 0 Å². The molecule has 0 spiro atoms. The highest BCUT2D eigenvalue weighted by Crippen LogP contribution is 2.18. The molecular formula is C20H19N3O3. The summed E-state index contributed by atoms with van der Waals surface area (Å²) in [5, 5.41) is 16.2. The molecule has 1 amide bonds. The van der Waals surface area contributed by atoms with Crippen molar-refractivity contribution in [2.24, 2.45) is 0 Å². The highest BCUT2D eigenvalue weighted by atomic mass is 16.4. The zero-order valence-corrected chi connectivity index (χ0v) is 14.3. The van der Waals surface area contributed by atoms with Gasteiger partial charge in [0.05, 0.1) is 17.4 Å². The number of para-hydroxylation sites is 1. The van der Waals surface area contributed by atoms with Crippen molar-refractivity contribution in [3.05, 3.63) is 77.6 Å². The van der Waals surface area contributed by atoms with Crippen LogP contribution in [0, 0.1) is 6.92 Å². The van der Waals surface area contributed by atoms with Crippen LogP contribution < -0.4 is 5.32 Å². The second-order valence-corrected chi connectivity index (χ2v) is 6.01. The van der Waals surface area contributed by atoms with Crippen molar-refractivity contribution in [3.63, 3.8) is 0 Å². The van der Waals surface area contributed by atoms with E-state index in [-0.39, 0.29) is 17.9 Å². The van der Waals surface area contributed by atoms with E-state index in [9.17, 15) is 9.59 Å². The monoisotopic (exact) mass is 349 g/mol. The van der Waals surface area contributed by atoms with E-state index in [1.54, 1.807) is 16.9 Å². The van der Waals surface area contributed by atoms with Gasteiger partial charge in [0, 0.05) is 18.3 Å². The standard InChI is InChI=1S/C20H19N3O3/c1-14-7-9-16(20(25)26)11-18(14)22-19(24)10-8-15-12-21-23(13-15)17-5-3-2-4-6-17/h2-7,9,11-13H,8,10H2,1H3,(H,22,24)(H,25,26). The van der Waals surface area contributed by atoms with Crippen LogP contribution >= 0.6 is 0 Å². The smallest absolute Gasteiger partial charge is 0.335 e. The lowest BCUT2D eigenvalue weighted by Crippen LogP contribution is -2.13. The van der Waals surface area contributed by atoms with Gasteiger partial charge < -0.3 is 10.4 Å². The Morgan fingerprint density at radius 1 is 1.15 bits per heavy atom. The third-order valence-corrected chi connectivity index (χ3v) is 4.06. The van der Waals surface area contributed by atoms with Crippen molar-refractivity contribution in [1.82, 2.24) is 9.78 Å². The van der Waals surface area contributed by atoms with Crippen molar-refractivity contribution in [1.29, 1.82) is 0 Å². The summed E-state index contributed by atoms with van der Waals surface area (Å²) in [6.07, 6.45) is 4.49. The van der Waals surface area contributed by atoms with E-state index in [0.717, 1.165) is 16.8 Å². The number of hydrogen-bond donors (Lipinski definition) is 2. The van der Waals surface area contributed by atoms with Crippen molar-refractivity contribution in [2.75, 3.05) is 5.32 Å². The van der Waals surface area contributed by atoms with Gasteiger partial charge in [-0.15, -0.1) is 0 Å². The summed E-state index contributed by atoms with van der Waals surface area (Å²) >= 11 is 0. The average Bonchev–Trinajstić information content (AvgIpc) is 3.11. The lowest BCUT2D eigenvalue weighted by molar-refractivity contribution is -0.116. The number of aryl methyl sites for hydroxylation is 2. The number of nitrogens with one attached hydrogen (secondary N) is 1. The maximum atomic E-state index is 12.2. The molecule has 0 aliphatic carbocycles. The van der Waals surface area contributed by atoms with Crippen LogP contribution in [0.5, 0.6) is 0 Å². The molecule has 0 fully saturated rings. The van der Waals surface area contributed by atoms with Crippen LogP contribution in [0.15, 0.2) is 60.9 Å². The summed E-state index contributed by atoms with van der Waals surface area (Å²) in [5.41, 5.74) is 3.41. The average molecular weight is 349 g/mol. The third-order valence-electron chi connectivity index (χ3n) is 4.06. The van der Waals surface area contributed by atoms with Crippen LogP contribution in [0.25, 0.3) is 5.69 Å². The van der Waals surface area contributed by atoms with Gasteiger partial charge in [-0.2, -0.15) is 5.10 Å². The number of benzene rings is 2. The lowest BCUT2D eigenvalue weighted by Gasteiger charge is -2.09. The van der Waals surface area contributed by atoms with E-state index < -0.39 is 5.97 Å². The van der Waals surface area contributed by atoms with Crippen molar-refractivity contribution < 1.29 is 14.7 Å². The van der Waals surface area contributed by atoms with Gasteiger partial charge >= 0.3 is 5.97 Å². The van der Waals surface area contributed by atoms with Crippen LogP contribution in [-0.4, -0.2) is 26.8 Å². The molecule has 1 heterocycles. The Bertz CT molecular complexity index is 932. The second-order valence-electron chi connectivity index (χ2n) is 6.01. The van der Waals surface area contributed by atoms with E-state index in [2.05, 4.69) is 10.4 Å². The van der Waals surface area contributed by atoms with Gasteiger partial charge in [-0.3, -0.25) is 4.79 Å². The Balaban J connectivity index is 1.61. The van der Waals surface area contributed by atoms with Gasteiger partial charge in [0.1, 0.15) is 0 Å². The van der Waals surface area contributed by atoms with Gasteiger partial charge in [0.25, 0.3) is 0 Å². The summed E-state index contributed by atoms with van der Waals surface area (Å²) in [4.78, 5) is 23.3. The van der Waals surface area contributed by atoms with Crippen molar-refractivity contribution >= 4 is 17.6 Å². The fourth-order valence-corrected chi connectivity index (χ4v) is 2.57. The molecule has 0 aliphatic rings. The molecule has 1 aromatic heterocycles. The van der Waals surface area contributed by atoms with Crippen LogP contribution in [0.2, 0.25) is 0 Å². The molecule has 0 radical (unpaired) electrons. The SMILES string of the molecule is Cc1ccc(C(=O)O)cc1NC(=O)CCc1cnn(-c2ccccc2)c1. The first kappa shape index (κ1) is 17.4. The number of nitrogens with zero attached hydrogens (tertiary/aromatic N) is 2. The maximum absolute atomic E-state index is 12.2. The Morgan fingerprint density at radius 3 is 2.65 bits per heavy atom. The molecule has 132 valence electrons. The van der Waals surface area contributed by atoms with Gasteiger partial charge in [0.2, 0.25) is 5.91 Å². The number of carboxylic acids is 1. The molecule has 26 heavy (non-hydrogen) atoms. The largest absolute Gasteiger partial charge is 0.478 e. The quantitative estimate of drug-likeness (QED) is 0.714. The predicted octanol–water partition coefficient (Wildman–Crippen LogP) is 3.45. The molecule has 6 heteroatoms. The molecule has 3 rings (SSSR count). The Morgan fingerprint density at radius 2 is 1.92 bits per heavy atom. The highest BCUT2D eigenvalue weighted by molar-refractivity contribution is 5.94. The Kier molecular flexibility index (Phi) is 5.12. The molecule has 0 bridgehead atoms. The molecule has 0 atom stereocenters. The van der Waals surface area contributed by atoms with E-state index in [0.29, 0.717) is 12.1 Å². The van der Waals surface area contributed by atoms with E-state index in [1.807, 2.05) is 43.5 Å². The molecular weight excluding hydrogens is 330 g/mol. The number of amides is 1. The first-order valence-electron chi connectivity index (χ1n) is 8.26. The summed E-state index contributed by atoms with van der Waals surface area (Å²) in [6, 6.07) is 14.4. The Hall–Kier alpha value is -3.41. The van der Waals surface area contributed by atoms with Gasteiger partial charge in [-0.25, -0.2) is 9.48 Å². The number of rotatable bonds is 6. The first-order chi connectivity index (χ1) is 12.5. The van der Waals surface area contributed by atoms with E-state index >= 15 is 0 Å². The number of aromatic nitrogens is 2. The number of aromatic carboxylic acids is 1. The predicted molar refractivity (Wildman–Crippen MR) is 98.7 cm³/mol. The maximum Gasteiger partial charge on any atom is 0.335 e. The van der Waals surface area contributed by atoms with E-state index in [4.69, 9.17) is 5.11 Å². The number of carbonyl (C=O) groups excluding carboxylic acids is 1. The van der Waals surface area contributed by atoms with Gasteiger partial charge in [-0.1, -0.05) is 24.3 Å². The third kappa shape index (κ3) is 4.16. The lowest BCUT2D eigenvalue weighted by atomic mass is 10.1. The summed E-state index contributed by atoms with van der Waals surface area (Å²) in [7, 11) is 0. The molecule has 6 nitrogen and oxygen atoms in total. The van der Waals surface area contributed by atoms with E-state index in [1.165, 1.54) is 12.1 Å². The summed E-state index contributed by atoms with van der Waals surface area (Å²) < 4.78 is 1.77. The normalized spacial score (nSPS) is 10.5. The minimum absolute atomic E-state index is 0.148. The molecule has 2 aromatic carbocycles. The fourth-order valence-electron chi connectivity index (χ4n) is 2.57. The summed E-state index contributed by atoms with van der Waals surface area (Å²) in [6.45, 7) is 1.82. The van der Waals surface area contributed by atoms with Crippen molar-refractivity contribution in [2.45, 2.75) is 19.8 Å². The highest BCUT2D eigenvalue weighted by Gasteiger charge is 2.10. The molecule has 0 unspecified atom stereocenters. The van der Waals surface area contributed by atoms with Gasteiger partial charge in [0.15, 0.2) is 0 Å². The molecule has 0 saturated heterocycles. The van der Waals surface area contributed by atoms with Crippen molar-refractivity contribution in [3.8, 4) is 5.69 Å². The molecule has 0 saturated carbocycles. The van der Waals surface area contributed by atoms with Crippen LogP contribution in [0.1, 0.15) is 27.9 Å². The minimum Gasteiger partial charge on any atom is -0.478 e. The van der Waals surface area contributed by atoms with Crippen LogP contribution in [-0.2, 0) is 11.2 Å². The number of hydrogen-bond acceptors (Lipinski definition) is 3. The zero-order chi connectivity index (χ0) is 18.5.